The maximum Gasteiger partial charge on any atom is 0.173 e. The molecule has 1 aromatic rings. The highest BCUT2D eigenvalue weighted by Gasteiger charge is 2.53. The van der Waals surface area contributed by atoms with Gasteiger partial charge in [-0.1, -0.05) is 25.1 Å². The van der Waals surface area contributed by atoms with Gasteiger partial charge in [-0.15, -0.1) is 0 Å². The van der Waals surface area contributed by atoms with Crippen molar-refractivity contribution < 1.29 is 0 Å². The number of aryl methyl sites for hydroxylation is 1. The van der Waals surface area contributed by atoms with Crippen molar-refractivity contribution in [2.45, 2.75) is 57.4 Å². The van der Waals surface area contributed by atoms with E-state index in [0.29, 0.717) is 5.54 Å². The molecule has 0 heterocycles. The lowest BCUT2D eigenvalue weighted by atomic mass is 9.52. The smallest absolute Gasteiger partial charge is 0.173 e. The highest BCUT2D eigenvalue weighted by molar-refractivity contribution is 7.80. The first-order valence-electron chi connectivity index (χ1n) is 9.22. The summed E-state index contributed by atoms with van der Waals surface area (Å²) in [5, 5.41) is 4.45. The molecule has 0 aromatic heterocycles. The fourth-order valence-corrected chi connectivity index (χ4v) is 6.14. The Bertz CT molecular complexity index is 574. The summed E-state index contributed by atoms with van der Waals surface area (Å²) >= 11 is 5.82. The fraction of sp³-hybridized carbons (Fsp3) is 0.650. The van der Waals surface area contributed by atoms with Crippen molar-refractivity contribution in [1.29, 1.82) is 0 Å². The number of anilines is 1. The monoisotopic (exact) mass is 328 g/mol. The second-order valence-electron chi connectivity index (χ2n) is 8.14. The summed E-state index contributed by atoms with van der Waals surface area (Å²) in [5.41, 5.74) is 2.85. The van der Waals surface area contributed by atoms with Crippen molar-refractivity contribution >= 4 is 23.0 Å². The summed E-state index contributed by atoms with van der Waals surface area (Å²) in [6, 6.07) is 8.54. The molecule has 0 saturated heterocycles. The molecule has 4 fully saturated rings. The van der Waals surface area contributed by atoms with E-state index in [1.807, 2.05) is 0 Å². The van der Waals surface area contributed by atoms with Gasteiger partial charge in [-0.2, -0.15) is 0 Å². The van der Waals surface area contributed by atoms with Crippen LogP contribution in [-0.2, 0) is 6.42 Å². The van der Waals surface area contributed by atoms with Crippen LogP contribution in [0, 0.1) is 17.8 Å². The van der Waals surface area contributed by atoms with Crippen molar-refractivity contribution in [2.75, 3.05) is 12.4 Å². The first-order valence-corrected chi connectivity index (χ1v) is 9.63. The van der Waals surface area contributed by atoms with E-state index in [0.717, 1.165) is 29.3 Å². The van der Waals surface area contributed by atoms with Gasteiger partial charge < -0.3 is 10.2 Å². The van der Waals surface area contributed by atoms with Gasteiger partial charge in [0.05, 0.1) is 0 Å². The van der Waals surface area contributed by atoms with Gasteiger partial charge in [-0.05, 0) is 86.5 Å². The van der Waals surface area contributed by atoms with Crippen LogP contribution in [-0.4, -0.2) is 22.6 Å². The highest BCUT2D eigenvalue weighted by Crippen LogP contribution is 2.57. The first-order chi connectivity index (χ1) is 11.1. The Morgan fingerprint density at radius 3 is 2.26 bits per heavy atom. The van der Waals surface area contributed by atoms with Crippen LogP contribution in [0.25, 0.3) is 0 Å². The summed E-state index contributed by atoms with van der Waals surface area (Å²) < 4.78 is 0. The third-order valence-electron chi connectivity index (χ3n) is 6.66. The van der Waals surface area contributed by atoms with Crippen LogP contribution in [0.4, 0.5) is 5.69 Å². The molecule has 4 aliphatic rings. The number of hydrogen-bond donors (Lipinski definition) is 1. The molecular formula is C20H28N2S. The van der Waals surface area contributed by atoms with Gasteiger partial charge in [0.25, 0.3) is 0 Å². The highest BCUT2D eigenvalue weighted by atomic mass is 32.1. The van der Waals surface area contributed by atoms with E-state index >= 15 is 0 Å². The largest absolute Gasteiger partial charge is 0.346 e. The van der Waals surface area contributed by atoms with E-state index in [2.05, 4.69) is 48.5 Å². The summed E-state index contributed by atoms with van der Waals surface area (Å²) in [5.74, 6) is 2.86. The molecule has 124 valence electrons. The molecule has 3 heteroatoms. The van der Waals surface area contributed by atoms with E-state index in [1.165, 1.54) is 49.8 Å². The average molecular weight is 329 g/mol. The lowest BCUT2D eigenvalue weighted by Gasteiger charge is -2.60. The van der Waals surface area contributed by atoms with Crippen LogP contribution in [0.15, 0.2) is 24.3 Å². The molecule has 0 unspecified atom stereocenters. The summed E-state index contributed by atoms with van der Waals surface area (Å²) in [4.78, 5) is 2.43. The van der Waals surface area contributed by atoms with Gasteiger partial charge in [0.1, 0.15) is 0 Å². The normalized spacial score (nSPS) is 34.4. The standard InChI is InChI=1S/C20H28N2S/c1-3-17-6-4-5-7-18(17)21-19(23)22(2)20-11-14-8-15(12-20)10-16(9-14)13-20/h4-7,14-16H,3,8-13H2,1-2H3,(H,21,23). The number of thiocarbonyl (C=S) groups is 1. The maximum absolute atomic E-state index is 5.82. The molecule has 0 radical (unpaired) electrons. The van der Waals surface area contributed by atoms with Gasteiger partial charge >= 0.3 is 0 Å². The SMILES string of the molecule is CCc1ccccc1NC(=S)N(C)C12CC3CC(CC(C3)C1)C2. The summed E-state index contributed by atoms with van der Waals surface area (Å²) in [6.45, 7) is 2.20. The van der Waals surface area contributed by atoms with E-state index in [9.17, 15) is 0 Å². The zero-order chi connectivity index (χ0) is 16.0. The molecule has 4 aliphatic carbocycles. The van der Waals surface area contributed by atoms with Crippen molar-refractivity contribution in [3.8, 4) is 0 Å². The number of nitrogens with zero attached hydrogens (tertiary/aromatic N) is 1. The van der Waals surface area contributed by atoms with Crippen molar-refractivity contribution in [2.24, 2.45) is 17.8 Å². The minimum atomic E-state index is 0.333. The molecule has 0 aliphatic heterocycles. The second-order valence-corrected chi connectivity index (χ2v) is 8.53. The third kappa shape index (κ3) is 2.67. The Morgan fingerprint density at radius 1 is 1.13 bits per heavy atom. The minimum absolute atomic E-state index is 0.333. The van der Waals surface area contributed by atoms with Crippen LogP contribution < -0.4 is 5.32 Å². The van der Waals surface area contributed by atoms with Crippen molar-refractivity contribution in [3.05, 3.63) is 29.8 Å². The van der Waals surface area contributed by atoms with E-state index in [-0.39, 0.29) is 0 Å². The third-order valence-corrected chi connectivity index (χ3v) is 7.04. The molecule has 1 N–H and O–H groups in total. The zero-order valence-electron chi connectivity index (χ0n) is 14.3. The van der Waals surface area contributed by atoms with Gasteiger partial charge in [0, 0.05) is 18.3 Å². The predicted molar refractivity (Wildman–Crippen MR) is 101 cm³/mol. The van der Waals surface area contributed by atoms with E-state index in [1.54, 1.807) is 0 Å². The molecular weight excluding hydrogens is 300 g/mol. The lowest BCUT2D eigenvalue weighted by Crippen LogP contribution is -2.60. The number of benzene rings is 1. The average Bonchev–Trinajstić information content (AvgIpc) is 2.53. The van der Waals surface area contributed by atoms with Crippen LogP contribution in [0.3, 0.4) is 0 Å². The van der Waals surface area contributed by atoms with Gasteiger partial charge in [-0.25, -0.2) is 0 Å². The first kappa shape index (κ1) is 15.4. The molecule has 2 nitrogen and oxygen atoms in total. The number of nitrogens with one attached hydrogen (secondary N) is 1. The second kappa shape index (κ2) is 5.77. The summed E-state index contributed by atoms with van der Waals surface area (Å²) in [7, 11) is 2.23. The molecule has 0 spiro atoms. The minimum Gasteiger partial charge on any atom is -0.346 e. The number of hydrogen-bond acceptors (Lipinski definition) is 1. The van der Waals surface area contributed by atoms with E-state index in [4.69, 9.17) is 12.2 Å². The van der Waals surface area contributed by atoms with Crippen molar-refractivity contribution in [3.63, 3.8) is 0 Å². The van der Waals surface area contributed by atoms with Crippen LogP contribution in [0.2, 0.25) is 0 Å². The Morgan fingerprint density at radius 2 is 1.70 bits per heavy atom. The topological polar surface area (TPSA) is 15.3 Å². The van der Waals surface area contributed by atoms with Crippen LogP contribution in [0.5, 0.6) is 0 Å². The number of rotatable bonds is 3. The van der Waals surface area contributed by atoms with Gasteiger partial charge in [-0.3, -0.25) is 0 Å². The van der Waals surface area contributed by atoms with Crippen LogP contribution in [0.1, 0.15) is 51.0 Å². The van der Waals surface area contributed by atoms with Crippen molar-refractivity contribution in [1.82, 2.24) is 4.90 Å². The van der Waals surface area contributed by atoms with Gasteiger partial charge in [0.15, 0.2) is 5.11 Å². The van der Waals surface area contributed by atoms with Crippen LogP contribution >= 0.6 is 12.2 Å². The molecule has 1 aromatic carbocycles. The molecule has 5 rings (SSSR count). The predicted octanol–water partition coefficient (Wildman–Crippen LogP) is 4.85. The van der Waals surface area contributed by atoms with E-state index < -0.39 is 0 Å². The Hall–Kier alpha value is -1.09. The lowest BCUT2D eigenvalue weighted by molar-refractivity contribution is -0.0538. The molecule has 4 saturated carbocycles. The molecule has 0 atom stereocenters. The molecule has 0 amide bonds. The molecule has 23 heavy (non-hydrogen) atoms. The van der Waals surface area contributed by atoms with Gasteiger partial charge in [0.2, 0.25) is 0 Å². The Balaban J connectivity index is 1.52. The molecule has 4 bridgehead atoms. The maximum atomic E-state index is 5.82. The summed E-state index contributed by atoms with van der Waals surface area (Å²) in [6.07, 6.45) is 9.53. The fourth-order valence-electron chi connectivity index (χ4n) is 5.84. The quantitative estimate of drug-likeness (QED) is 0.799. The Labute approximate surface area is 145 Å². The number of para-hydroxylation sites is 1. The zero-order valence-corrected chi connectivity index (χ0v) is 15.2. The Kier molecular flexibility index (Phi) is 3.87.